The molecular weight excluding hydrogens is 671 g/mol. The molecule has 1 aromatic heterocycles. The highest BCUT2D eigenvalue weighted by atomic mass is 32.1. The van der Waals surface area contributed by atoms with Crippen molar-refractivity contribution in [1.29, 1.82) is 0 Å². The lowest BCUT2D eigenvalue weighted by Gasteiger charge is -2.27. The van der Waals surface area contributed by atoms with Gasteiger partial charge in [-0.15, -0.1) is 11.3 Å². The molecule has 0 aliphatic carbocycles. The van der Waals surface area contributed by atoms with Crippen LogP contribution in [0.25, 0.3) is 75.5 Å². The molecule has 0 atom stereocenters. The largest absolute Gasteiger partial charge is 0.310 e. The van der Waals surface area contributed by atoms with E-state index in [1.165, 1.54) is 81.1 Å². The van der Waals surface area contributed by atoms with Gasteiger partial charge in [-0.3, -0.25) is 0 Å². The van der Waals surface area contributed by atoms with Gasteiger partial charge in [0.15, 0.2) is 0 Å². The predicted molar refractivity (Wildman–Crippen MR) is 233 cm³/mol. The molecule has 0 bridgehead atoms. The first-order valence-corrected chi connectivity index (χ1v) is 19.2. The van der Waals surface area contributed by atoms with Gasteiger partial charge >= 0.3 is 0 Å². The summed E-state index contributed by atoms with van der Waals surface area (Å²) in [6, 6.07) is 77.0. The van der Waals surface area contributed by atoms with Crippen LogP contribution in [0.15, 0.2) is 212 Å². The molecule has 0 saturated carbocycles. The summed E-state index contributed by atoms with van der Waals surface area (Å²) in [6.07, 6.45) is 0. The lowest BCUT2D eigenvalue weighted by Crippen LogP contribution is -2.10. The fourth-order valence-electron chi connectivity index (χ4n) is 7.73. The second-order valence-corrected chi connectivity index (χ2v) is 14.8. The van der Waals surface area contributed by atoms with Crippen LogP contribution in [-0.2, 0) is 0 Å². The van der Waals surface area contributed by atoms with Gasteiger partial charge in [-0.1, -0.05) is 176 Å². The minimum Gasteiger partial charge on any atom is -0.310 e. The van der Waals surface area contributed by atoms with Crippen LogP contribution < -0.4 is 4.90 Å². The van der Waals surface area contributed by atoms with E-state index in [0.29, 0.717) is 0 Å². The van der Waals surface area contributed by atoms with Gasteiger partial charge in [0.2, 0.25) is 0 Å². The van der Waals surface area contributed by atoms with Crippen LogP contribution in [0.4, 0.5) is 17.1 Å². The molecule has 1 heterocycles. The van der Waals surface area contributed by atoms with Crippen molar-refractivity contribution >= 4 is 59.3 Å². The summed E-state index contributed by atoms with van der Waals surface area (Å²) in [5.41, 5.74) is 13.1. The van der Waals surface area contributed by atoms with Crippen molar-refractivity contribution in [2.45, 2.75) is 0 Å². The van der Waals surface area contributed by atoms with Crippen molar-refractivity contribution in [3.05, 3.63) is 212 Å². The van der Waals surface area contributed by atoms with Crippen molar-refractivity contribution in [3.63, 3.8) is 0 Å². The van der Waals surface area contributed by atoms with Crippen molar-refractivity contribution in [2.24, 2.45) is 0 Å². The smallest absolute Gasteiger partial charge is 0.0554 e. The van der Waals surface area contributed by atoms with Gasteiger partial charge in [0, 0.05) is 31.5 Å². The highest BCUT2D eigenvalue weighted by molar-refractivity contribution is 7.26. The van der Waals surface area contributed by atoms with E-state index in [2.05, 4.69) is 217 Å². The number of hydrogen-bond acceptors (Lipinski definition) is 2. The number of nitrogens with zero attached hydrogens (tertiary/aromatic N) is 1. The second-order valence-electron chi connectivity index (χ2n) is 13.7. The summed E-state index contributed by atoms with van der Waals surface area (Å²) in [6.45, 7) is 0. The summed E-state index contributed by atoms with van der Waals surface area (Å²) in [4.78, 5) is 2.42. The Morgan fingerprint density at radius 1 is 0.296 bits per heavy atom. The Bertz CT molecular complexity index is 2750. The van der Waals surface area contributed by atoms with Gasteiger partial charge < -0.3 is 4.90 Å². The van der Waals surface area contributed by atoms with Crippen LogP contribution >= 0.6 is 11.3 Å². The Labute approximate surface area is 319 Å². The quantitative estimate of drug-likeness (QED) is 0.160. The third kappa shape index (κ3) is 5.84. The van der Waals surface area contributed by atoms with Gasteiger partial charge in [0.1, 0.15) is 0 Å². The molecule has 1 nitrogen and oxygen atoms in total. The highest BCUT2D eigenvalue weighted by Crippen LogP contribution is 2.47. The molecule has 0 unspecified atom stereocenters. The highest BCUT2D eigenvalue weighted by Gasteiger charge is 2.19. The van der Waals surface area contributed by atoms with E-state index in [0.717, 1.165) is 11.4 Å². The molecule has 54 heavy (non-hydrogen) atoms. The third-order valence-corrected chi connectivity index (χ3v) is 11.7. The maximum Gasteiger partial charge on any atom is 0.0554 e. The average Bonchev–Trinajstić information content (AvgIpc) is 3.65. The monoisotopic (exact) mass is 705 g/mol. The molecule has 9 aromatic carbocycles. The first-order chi connectivity index (χ1) is 26.8. The zero-order valence-corrected chi connectivity index (χ0v) is 30.4. The third-order valence-electron chi connectivity index (χ3n) is 10.5. The van der Waals surface area contributed by atoms with Crippen molar-refractivity contribution in [3.8, 4) is 44.5 Å². The molecule has 0 radical (unpaired) electrons. The van der Waals surface area contributed by atoms with Crippen LogP contribution in [0.2, 0.25) is 0 Å². The fraction of sp³-hybridized carbons (Fsp3) is 0. The van der Waals surface area contributed by atoms with E-state index in [1.54, 1.807) is 0 Å². The van der Waals surface area contributed by atoms with Gasteiger partial charge in [-0.05, 0) is 91.7 Å². The van der Waals surface area contributed by atoms with Crippen molar-refractivity contribution in [2.75, 3.05) is 4.90 Å². The topological polar surface area (TPSA) is 3.24 Å². The molecule has 0 fully saturated rings. The van der Waals surface area contributed by atoms with Crippen molar-refractivity contribution < 1.29 is 0 Å². The molecule has 0 aliphatic heterocycles. The Kier molecular flexibility index (Phi) is 8.09. The molecule has 2 heteroatoms. The van der Waals surface area contributed by atoms with E-state index >= 15 is 0 Å². The Hall–Kier alpha value is -6.74. The van der Waals surface area contributed by atoms with Crippen LogP contribution in [0, 0.1) is 0 Å². The number of benzene rings is 9. The molecule has 0 aliphatic rings. The second kappa shape index (κ2) is 13.7. The first-order valence-electron chi connectivity index (χ1n) is 18.4. The first kappa shape index (κ1) is 32.0. The van der Waals surface area contributed by atoms with E-state index in [1.807, 2.05) is 11.3 Å². The van der Waals surface area contributed by atoms with E-state index in [9.17, 15) is 0 Å². The minimum absolute atomic E-state index is 1.12. The van der Waals surface area contributed by atoms with Gasteiger partial charge in [0.25, 0.3) is 0 Å². The minimum atomic E-state index is 1.12. The maximum absolute atomic E-state index is 2.42. The van der Waals surface area contributed by atoms with E-state index in [4.69, 9.17) is 0 Å². The number of hydrogen-bond donors (Lipinski definition) is 0. The zero-order chi connectivity index (χ0) is 35.8. The number of rotatable bonds is 7. The molecule has 0 N–H and O–H groups in total. The lowest BCUT2D eigenvalue weighted by molar-refractivity contribution is 1.30. The molecule has 0 saturated heterocycles. The van der Waals surface area contributed by atoms with E-state index in [-0.39, 0.29) is 0 Å². The summed E-state index contributed by atoms with van der Waals surface area (Å²) in [7, 11) is 0. The van der Waals surface area contributed by atoms with Crippen LogP contribution in [0.5, 0.6) is 0 Å². The Balaban J connectivity index is 1.06. The maximum atomic E-state index is 2.42. The average molecular weight is 706 g/mol. The zero-order valence-electron chi connectivity index (χ0n) is 29.6. The summed E-state index contributed by atoms with van der Waals surface area (Å²) in [5.74, 6) is 0. The normalized spacial score (nSPS) is 11.3. The van der Waals surface area contributed by atoms with Crippen LogP contribution in [-0.4, -0.2) is 0 Å². The molecule has 10 rings (SSSR count). The number of anilines is 3. The summed E-state index contributed by atoms with van der Waals surface area (Å²) >= 11 is 1.88. The van der Waals surface area contributed by atoms with Crippen LogP contribution in [0.1, 0.15) is 0 Å². The predicted octanol–water partition coefficient (Wildman–Crippen LogP) is 15.3. The molecular formula is C52H35NS. The Morgan fingerprint density at radius 3 is 1.22 bits per heavy atom. The van der Waals surface area contributed by atoms with Crippen molar-refractivity contribution in [1.82, 2.24) is 0 Å². The molecule has 0 spiro atoms. The standard InChI is InChI=1S/C52H35NS/c1-3-10-36(11-4-1)38-18-22-40(23-19-38)42-26-31-45(32-27-42)53(46-33-28-43(29-34-46)41-24-20-39(21-25-41)37-12-5-2-6-13-37)49-16-9-17-50-51(49)48-35-30-44-14-7-8-15-47(44)52(48)54-50/h1-35H. The Morgan fingerprint density at radius 2 is 0.722 bits per heavy atom. The molecule has 10 aromatic rings. The van der Waals surface area contributed by atoms with Gasteiger partial charge in [-0.25, -0.2) is 0 Å². The van der Waals surface area contributed by atoms with Gasteiger partial charge in [0.05, 0.1) is 5.69 Å². The number of fused-ring (bicyclic) bond motifs is 5. The summed E-state index contributed by atoms with van der Waals surface area (Å²) < 4.78 is 2.62. The molecule has 0 amide bonds. The van der Waals surface area contributed by atoms with E-state index < -0.39 is 0 Å². The SMILES string of the molecule is c1ccc(-c2ccc(-c3ccc(N(c4ccc(-c5ccc(-c6ccccc6)cc5)cc4)c4cccc5sc6c7ccccc7ccc6c45)cc3)cc2)cc1. The summed E-state index contributed by atoms with van der Waals surface area (Å²) in [5, 5.41) is 5.15. The number of thiophene rings is 1. The molecule has 254 valence electrons. The fourth-order valence-corrected chi connectivity index (χ4v) is 8.99. The lowest BCUT2D eigenvalue weighted by atomic mass is 9.99. The van der Waals surface area contributed by atoms with Gasteiger partial charge in [-0.2, -0.15) is 0 Å². The van der Waals surface area contributed by atoms with Crippen LogP contribution in [0.3, 0.4) is 0 Å².